The first-order valence-electron chi connectivity index (χ1n) is 5.24. The third-order valence-electron chi connectivity index (χ3n) is 2.36. The number of aryl methyl sites for hydroxylation is 1. The lowest BCUT2D eigenvalue weighted by Crippen LogP contribution is -2.12. The summed E-state index contributed by atoms with van der Waals surface area (Å²) in [6, 6.07) is 4.39. The molecular formula is C12H9BrN2O4. The second-order valence-corrected chi connectivity index (χ2v) is 4.74. The molecule has 1 aromatic heterocycles. The van der Waals surface area contributed by atoms with Gasteiger partial charge >= 0.3 is 5.97 Å². The Morgan fingerprint density at radius 3 is 2.68 bits per heavy atom. The Hall–Kier alpha value is -2.15. The van der Waals surface area contributed by atoms with E-state index in [4.69, 9.17) is 9.63 Å². The molecule has 2 rings (SSSR count). The van der Waals surface area contributed by atoms with Crippen LogP contribution in [-0.4, -0.2) is 22.1 Å². The van der Waals surface area contributed by atoms with E-state index in [1.165, 1.54) is 18.3 Å². The van der Waals surface area contributed by atoms with Crippen LogP contribution in [0.25, 0.3) is 0 Å². The minimum atomic E-state index is -1.08. The number of carbonyl (C=O) groups is 2. The number of carbonyl (C=O) groups excluding carboxylic acids is 1. The van der Waals surface area contributed by atoms with Crippen LogP contribution < -0.4 is 5.32 Å². The first-order valence-corrected chi connectivity index (χ1v) is 6.03. The van der Waals surface area contributed by atoms with Crippen molar-refractivity contribution < 1.29 is 19.2 Å². The van der Waals surface area contributed by atoms with Crippen molar-refractivity contribution >= 4 is 33.5 Å². The van der Waals surface area contributed by atoms with E-state index in [2.05, 4.69) is 26.4 Å². The first kappa shape index (κ1) is 13.3. The molecule has 0 saturated heterocycles. The van der Waals surface area contributed by atoms with Crippen molar-refractivity contribution in [1.82, 2.24) is 5.16 Å². The van der Waals surface area contributed by atoms with Gasteiger partial charge in [-0.15, -0.1) is 0 Å². The van der Waals surface area contributed by atoms with E-state index in [1.54, 1.807) is 13.0 Å². The minimum absolute atomic E-state index is 0.0685. The van der Waals surface area contributed by atoms with Crippen molar-refractivity contribution in [2.75, 3.05) is 5.32 Å². The first-order chi connectivity index (χ1) is 8.97. The third-order valence-corrected chi connectivity index (χ3v) is 2.82. The number of rotatable bonds is 3. The van der Waals surface area contributed by atoms with Gasteiger partial charge in [-0.3, -0.25) is 4.79 Å². The van der Waals surface area contributed by atoms with Crippen molar-refractivity contribution in [2.24, 2.45) is 0 Å². The molecule has 0 fully saturated rings. The quantitative estimate of drug-likeness (QED) is 0.905. The molecule has 0 aliphatic heterocycles. The maximum Gasteiger partial charge on any atom is 0.335 e. The lowest BCUT2D eigenvalue weighted by molar-refractivity contribution is 0.0696. The van der Waals surface area contributed by atoms with Crippen LogP contribution in [0.3, 0.4) is 0 Å². The van der Waals surface area contributed by atoms with Crippen LogP contribution in [0.4, 0.5) is 5.69 Å². The summed E-state index contributed by atoms with van der Waals surface area (Å²) < 4.78 is 5.37. The van der Waals surface area contributed by atoms with E-state index in [1.807, 2.05) is 0 Å². The lowest BCUT2D eigenvalue weighted by Gasteiger charge is -2.05. The van der Waals surface area contributed by atoms with Crippen LogP contribution in [0, 0.1) is 6.92 Å². The molecule has 0 aliphatic carbocycles. The molecule has 1 amide bonds. The molecule has 7 heteroatoms. The summed E-state index contributed by atoms with van der Waals surface area (Å²) in [4.78, 5) is 22.8. The summed E-state index contributed by atoms with van der Waals surface area (Å²) in [5.41, 5.74) is 1.03. The number of carboxylic acids is 1. The van der Waals surface area contributed by atoms with Crippen molar-refractivity contribution in [3.05, 3.63) is 45.8 Å². The van der Waals surface area contributed by atoms with Gasteiger partial charge in [0, 0.05) is 15.7 Å². The largest absolute Gasteiger partial charge is 0.478 e. The van der Waals surface area contributed by atoms with Gasteiger partial charge in [0.25, 0.3) is 5.91 Å². The highest BCUT2D eigenvalue weighted by molar-refractivity contribution is 9.10. The van der Waals surface area contributed by atoms with Gasteiger partial charge in [0.1, 0.15) is 0 Å². The molecule has 19 heavy (non-hydrogen) atoms. The molecule has 2 aromatic rings. The highest BCUT2D eigenvalue weighted by Gasteiger charge is 2.15. The number of carboxylic acid groups (broad SMARTS) is 1. The molecule has 0 spiro atoms. The van der Waals surface area contributed by atoms with Crippen LogP contribution in [0.5, 0.6) is 0 Å². The number of anilines is 1. The molecule has 6 nitrogen and oxygen atoms in total. The number of amides is 1. The van der Waals surface area contributed by atoms with E-state index in [0.29, 0.717) is 15.7 Å². The summed E-state index contributed by atoms with van der Waals surface area (Å²) in [7, 11) is 0. The SMILES string of the molecule is Cc1cnoc1C(=O)Nc1cc(Br)cc(C(=O)O)c1. The molecule has 0 bridgehead atoms. The zero-order valence-corrected chi connectivity index (χ0v) is 11.4. The second kappa shape index (κ2) is 5.23. The molecule has 0 unspecified atom stereocenters. The Bertz CT molecular complexity index is 651. The van der Waals surface area contributed by atoms with Gasteiger partial charge in [-0.2, -0.15) is 0 Å². The van der Waals surface area contributed by atoms with E-state index in [9.17, 15) is 9.59 Å². The van der Waals surface area contributed by atoms with Crippen molar-refractivity contribution in [3.63, 3.8) is 0 Å². The Balaban J connectivity index is 2.26. The minimum Gasteiger partial charge on any atom is -0.478 e. The number of benzene rings is 1. The number of hydrogen-bond donors (Lipinski definition) is 2. The van der Waals surface area contributed by atoms with Crippen LogP contribution in [0.1, 0.15) is 26.5 Å². The van der Waals surface area contributed by atoms with Crippen LogP contribution >= 0.6 is 15.9 Å². The fourth-order valence-electron chi connectivity index (χ4n) is 1.48. The monoisotopic (exact) mass is 324 g/mol. The zero-order chi connectivity index (χ0) is 14.0. The average Bonchev–Trinajstić information content (AvgIpc) is 2.74. The van der Waals surface area contributed by atoms with Crippen molar-refractivity contribution in [3.8, 4) is 0 Å². The normalized spacial score (nSPS) is 10.2. The van der Waals surface area contributed by atoms with Gasteiger partial charge < -0.3 is 14.9 Å². The summed E-state index contributed by atoms with van der Waals surface area (Å²) in [6.45, 7) is 1.69. The Labute approximate surface area is 116 Å². The molecule has 0 atom stereocenters. The highest BCUT2D eigenvalue weighted by Crippen LogP contribution is 2.20. The smallest absolute Gasteiger partial charge is 0.335 e. The number of hydrogen-bond acceptors (Lipinski definition) is 4. The number of nitrogens with zero attached hydrogens (tertiary/aromatic N) is 1. The molecule has 0 saturated carbocycles. The van der Waals surface area contributed by atoms with Crippen molar-refractivity contribution in [2.45, 2.75) is 6.92 Å². The van der Waals surface area contributed by atoms with Gasteiger partial charge in [0.15, 0.2) is 0 Å². The fourth-order valence-corrected chi connectivity index (χ4v) is 1.98. The highest BCUT2D eigenvalue weighted by atomic mass is 79.9. The second-order valence-electron chi connectivity index (χ2n) is 3.83. The Morgan fingerprint density at radius 1 is 1.37 bits per heavy atom. The number of nitrogens with one attached hydrogen (secondary N) is 1. The van der Waals surface area contributed by atoms with Gasteiger partial charge in [-0.1, -0.05) is 21.1 Å². The van der Waals surface area contributed by atoms with Crippen LogP contribution in [0.2, 0.25) is 0 Å². The lowest BCUT2D eigenvalue weighted by atomic mass is 10.2. The maximum atomic E-state index is 11.9. The van der Waals surface area contributed by atoms with Gasteiger partial charge in [-0.05, 0) is 25.1 Å². The molecular weight excluding hydrogens is 316 g/mol. The summed E-state index contributed by atoms with van der Waals surface area (Å²) in [5.74, 6) is -1.46. The fraction of sp³-hybridized carbons (Fsp3) is 0.0833. The van der Waals surface area contributed by atoms with E-state index in [0.717, 1.165) is 0 Å². The molecule has 2 N–H and O–H groups in total. The topological polar surface area (TPSA) is 92.4 Å². The van der Waals surface area contributed by atoms with Crippen LogP contribution in [0.15, 0.2) is 33.4 Å². The predicted octanol–water partition coefficient (Wildman–Crippen LogP) is 2.70. The van der Waals surface area contributed by atoms with Gasteiger partial charge in [0.2, 0.25) is 5.76 Å². The van der Waals surface area contributed by atoms with E-state index < -0.39 is 11.9 Å². The predicted molar refractivity (Wildman–Crippen MR) is 70.3 cm³/mol. The number of halogens is 1. The van der Waals surface area contributed by atoms with E-state index >= 15 is 0 Å². The number of aromatic nitrogens is 1. The number of aromatic carboxylic acids is 1. The Morgan fingerprint density at radius 2 is 2.11 bits per heavy atom. The van der Waals surface area contributed by atoms with Gasteiger partial charge in [0.05, 0.1) is 11.8 Å². The molecule has 98 valence electrons. The molecule has 0 radical (unpaired) electrons. The summed E-state index contributed by atoms with van der Waals surface area (Å²) in [5, 5.41) is 15.0. The van der Waals surface area contributed by atoms with Crippen LogP contribution in [-0.2, 0) is 0 Å². The maximum absolute atomic E-state index is 11.9. The standard InChI is InChI=1S/C12H9BrN2O4/c1-6-5-14-19-10(6)11(16)15-9-3-7(12(17)18)2-8(13)4-9/h2-5H,1H3,(H,15,16)(H,17,18). The average molecular weight is 325 g/mol. The Kier molecular flexibility index (Phi) is 3.66. The van der Waals surface area contributed by atoms with Crippen molar-refractivity contribution in [1.29, 1.82) is 0 Å². The van der Waals surface area contributed by atoms with E-state index in [-0.39, 0.29) is 11.3 Å². The molecule has 0 aliphatic rings. The zero-order valence-electron chi connectivity index (χ0n) is 9.81. The summed E-state index contributed by atoms with van der Waals surface area (Å²) >= 11 is 3.18. The molecule has 1 heterocycles. The molecule has 1 aromatic carbocycles. The third kappa shape index (κ3) is 3.00. The van der Waals surface area contributed by atoms with Gasteiger partial charge in [-0.25, -0.2) is 4.79 Å². The summed E-state index contributed by atoms with van der Waals surface area (Å²) in [6.07, 6.45) is 1.43.